The highest BCUT2D eigenvalue weighted by Gasteiger charge is 2.28. The molecule has 1 fully saturated rings. The lowest BCUT2D eigenvalue weighted by Crippen LogP contribution is -2.35. The molecule has 0 bridgehead atoms. The molecule has 1 aliphatic heterocycles. The average Bonchev–Trinajstić information content (AvgIpc) is 2.69. The van der Waals surface area contributed by atoms with Gasteiger partial charge in [0.1, 0.15) is 5.75 Å². The highest BCUT2D eigenvalue weighted by molar-refractivity contribution is 7.92. The first-order chi connectivity index (χ1) is 14.1. The molecule has 0 radical (unpaired) electrons. The zero-order chi connectivity index (χ0) is 21.9. The minimum atomic E-state index is -4.00. The average molecular weight is 473 g/mol. The number of rotatable bonds is 7. The van der Waals surface area contributed by atoms with Gasteiger partial charge >= 0.3 is 0 Å². The summed E-state index contributed by atoms with van der Waals surface area (Å²) in [5, 5.41) is 0.276. The minimum Gasteiger partial charge on any atom is -0.489 e. The standard InChI is InChI=1S/C20H25ClN2O5S2/c1-15(2)28-20-10-9-18(30(26,27)23-11-4-3-5-12-23)14-19(20)22-29(24,25)17-8-6-7-16(21)13-17/h6-10,13-15,22H,3-5,11-12H2,1-2H3. The van der Waals surface area contributed by atoms with Crippen LogP contribution >= 0.6 is 11.6 Å². The van der Waals surface area contributed by atoms with Gasteiger partial charge in [0.2, 0.25) is 10.0 Å². The van der Waals surface area contributed by atoms with Crippen LogP contribution < -0.4 is 9.46 Å². The first-order valence-electron chi connectivity index (χ1n) is 9.69. The molecule has 2 aromatic carbocycles. The van der Waals surface area contributed by atoms with Crippen LogP contribution in [-0.2, 0) is 20.0 Å². The van der Waals surface area contributed by atoms with Gasteiger partial charge in [-0.05, 0) is 63.1 Å². The first kappa shape index (κ1) is 22.9. The topological polar surface area (TPSA) is 92.8 Å². The summed E-state index contributed by atoms with van der Waals surface area (Å²) in [6, 6.07) is 10.1. The quantitative estimate of drug-likeness (QED) is 0.654. The lowest BCUT2D eigenvalue weighted by molar-refractivity contribution is 0.243. The Morgan fingerprint density at radius 1 is 0.967 bits per heavy atom. The Morgan fingerprint density at radius 3 is 2.30 bits per heavy atom. The number of piperidine rings is 1. The molecule has 1 aliphatic rings. The minimum absolute atomic E-state index is 0.0179. The monoisotopic (exact) mass is 472 g/mol. The SMILES string of the molecule is CC(C)Oc1ccc(S(=O)(=O)N2CCCCC2)cc1NS(=O)(=O)c1cccc(Cl)c1. The summed E-state index contributed by atoms with van der Waals surface area (Å²) in [7, 11) is -7.74. The van der Waals surface area contributed by atoms with Gasteiger partial charge in [0, 0.05) is 18.1 Å². The lowest BCUT2D eigenvalue weighted by Gasteiger charge is -2.26. The Bertz CT molecular complexity index is 1110. The highest BCUT2D eigenvalue weighted by atomic mass is 35.5. The van der Waals surface area contributed by atoms with Crippen LogP contribution in [0.25, 0.3) is 0 Å². The number of anilines is 1. The molecule has 0 saturated carbocycles. The second-order valence-electron chi connectivity index (χ2n) is 7.35. The van der Waals surface area contributed by atoms with E-state index in [0.717, 1.165) is 19.3 Å². The number of hydrogen-bond donors (Lipinski definition) is 1. The van der Waals surface area contributed by atoms with Crippen molar-refractivity contribution >= 4 is 37.3 Å². The predicted molar refractivity (Wildman–Crippen MR) is 117 cm³/mol. The van der Waals surface area contributed by atoms with Crippen molar-refractivity contribution in [3.05, 3.63) is 47.5 Å². The summed E-state index contributed by atoms with van der Waals surface area (Å²) in [4.78, 5) is -0.0147. The van der Waals surface area contributed by atoms with E-state index in [0.29, 0.717) is 13.1 Å². The van der Waals surface area contributed by atoms with E-state index in [1.165, 1.54) is 40.7 Å². The van der Waals surface area contributed by atoms with Crippen LogP contribution in [0.1, 0.15) is 33.1 Å². The molecule has 1 saturated heterocycles. The van der Waals surface area contributed by atoms with Gasteiger partial charge in [0.25, 0.3) is 10.0 Å². The maximum atomic E-state index is 13.0. The van der Waals surface area contributed by atoms with E-state index >= 15 is 0 Å². The van der Waals surface area contributed by atoms with Crippen LogP contribution in [0, 0.1) is 0 Å². The highest BCUT2D eigenvalue weighted by Crippen LogP contribution is 2.32. The summed E-state index contributed by atoms with van der Waals surface area (Å²) >= 11 is 5.92. The molecule has 7 nitrogen and oxygen atoms in total. The smallest absolute Gasteiger partial charge is 0.262 e. The molecule has 10 heteroatoms. The predicted octanol–water partition coefficient (Wildman–Crippen LogP) is 4.10. The summed E-state index contributed by atoms with van der Waals surface area (Å²) in [5.74, 6) is 0.244. The Hall–Kier alpha value is -1.81. The number of benzene rings is 2. The Labute approximate surface area is 183 Å². The van der Waals surface area contributed by atoms with E-state index in [9.17, 15) is 16.8 Å². The van der Waals surface area contributed by atoms with Gasteiger partial charge in [-0.25, -0.2) is 16.8 Å². The van der Waals surface area contributed by atoms with E-state index in [-0.39, 0.29) is 32.4 Å². The lowest BCUT2D eigenvalue weighted by atomic mass is 10.2. The van der Waals surface area contributed by atoms with Gasteiger partial charge in [-0.15, -0.1) is 0 Å². The maximum Gasteiger partial charge on any atom is 0.262 e. The molecular formula is C20H25ClN2O5S2. The van der Waals surface area contributed by atoms with Crippen molar-refractivity contribution in [3.63, 3.8) is 0 Å². The van der Waals surface area contributed by atoms with Gasteiger partial charge in [0.15, 0.2) is 0 Å². The van der Waals surface area contributed by atoms with Crippen molar-refractivity contribution in [1.82, 2.24) is 4.31 Å². The van der Waals surface area contributed by atoms with Crippen molar-refractivity contribution in [2.45, 2.75) is 49.0 Å². The van der Waals surface area contributed by atoms with Crippen molar-refractivity contribution in [2.24, 2.45) is 0 Å². The summed E-state index contributed by atoms with van der Waals surface area (Å²) in [6.45, 7) is 4.51. The summed E-state index contributed by atoms with van der Waals surface area (Å²) in [5.41, 5.74) is 0.0572. The zero-order valence-electron chi connectivity index (χ0n) is 16.8. The molecule has 164 valence electrons. The maximum absolute atomic E-state index is 13.0. The molecule has 0 atom stereocenters. The van der Waals surface area contributed by atoms with Crippen LogP contribution in [0.5, 0.6) is 5.75 Å². The van der Waals surface area contributed by atoms with Gasteiger partial charge in [0.05, 0.1) is 21.6 Å². The van der Waals surface area contributed by atoms with Gasteiger partial charge in [-0.1, -0.05) is 24.1 Å². The van der Waals surface area contributed by atoms with Crippen molar-refractivity contribution < 1.29 is 21.6 Å². The van der Waals surface area contributed by atoms with Crippen molar-refractivity contribution in [1.29, 1.82) is 0 Å². The molecule has 0 unspecified atom stereocenters. The summed E-state index contributed by atoms with van der Waals surface area (Å²) < 4.78 is 61.4. The normalized spacial score (nSPS) is 15.9. The Morgan fingerprint density at radius 2 is 1.67 bits per heavy atom. The van der Waals surface area contributed by atoms with E-state index in [4.69, 9.17) is 16.3 Å². The molecule has 30 heavy (non-hydrogen) atoms. The third-order valence-corrected chi connectivity index (χ3v) is 8.11. The number of ether oxygens (including phenoxy) is 1. The van der Waals surface area contributed by atoms with E-state index in [1.807, 2.05) is 0 Å². The van der Waals surface area contributed by atoms with Gasteiger partial charge < -0.3 is 4.74 Å². The number of hydrogen-bond acceptors (Lipinski definition) is 5. The Balaban J connectivity index is 2.01. The van der Waals surface area contributed by atoms with Crippen LogP contribution in [0.15, 0.2) is 52.3 Å². The fourth-order valence-corrected chi connectivity index (χ4v) is 6.10. The molecule has 1 N–H and O–H groups in total. The van der Waals surface area contributed by atoms with E-state index < -0.39 is 20.0 Å². The molecule has 2 aromatic rings. The third-order valence-electron chi connectivity index (χ3n) is 4.62. The fraction of sp³-hybridized carbons (Fsp3) is 0.400. The molecule has 3 rings (SSSR count). The van der Waals surface area contributed by atoms with Crippen LogP contribution in [0.3, 0.4) is 0 Å². The molecule has 0 spiro atoms. The summed E-state index contributed by atoms with van der Waals surface area (Å²) in [6.07, 6.45) is 2.38. The number of nitrogens with zero attached hydrogens (tertiary/aromatic N) is 1. The van der Waals surface area contributed by atoms with Gasteiger partial charge in [-0.2, -0.15) is 4.31 Å². The number of sulfonamides is 2. The number of nitrogens with one attached hydrogen (secondary N) is 1. The van der Waals surface area contributed by atoms with Gasteiger partial charge in [-0.3, -0.25) is 4.72 Å². The number of halogens is 1. The van der Waals surface area contributed by atoms with Crippen LogP contribution in [0.4, 0.5) is 5.69 Å². The van der Waals surface area contributed by atoms with E-state index in [1.54, 1.807) is 19.9 Å². The molecule has 1 heterocycles. The van der Waals surface area contributed by atoms with Crippen LogP contribution in [0.2, 0.25) is 5.02 Å². The van der Waals surface area contributed by atoms with Crippen molar-refractivity contribution in [3.8, 4) is 5.75 Å². The molecule has 0 aliphatic carbocycles. The molecule has 0 aromatic heterocycles. The Kier molecular flexibility index (Phi) is 6.96. The molecule has 0 amide bonds. The second-order valence-corrected chi connectivity index (χ2v) is 11.4. The zero-order valence-corrected chi connectivity index (χ0v) is 19.2. The fourth-order valence-electron chi connectivity index (χ4n) is 3.20. The largest absolute Gasteiger partial charge is 0.489 e. The van der Waals surface area contributed by atoms with Crippen LogP contribution in [-0.4, -0.2) is 40.3 Å². The first-order valence-corrected chi connectivity index (χ1v) is 13.0. The molecular weight excluding hydrogens is 448 g/mol. The second kappa shape index (κ2) is 9.13. The third kappa shape index (κ3) is 5.26. The van der Waals surface area contributed by atoms with Crippen molar-refractivity contribution in [2.75, 3.05) is 17.8 Å². The van der Waals surface area contributed by atoms with E-state index in [2.05, 4.69) is 4.72 Å².